The summed E-state index contributed by atoms with van der Waals surface area (Å²) in [6.45, 7) is -0.207. The first-order valence-electron chi connectivity index (χ1n) is 5.85. The Labute approximate surface area is 120 Å². The first kappa shape index (κ1) is 14.3. The Kier molecular flexibility index (Phi) is 4.58. The standard InChI is InChI=1S/C15H12ClFO3/c1-19-15-7-4-11(17)8-13(15)14(18)9-20-12-5-2-10(16)3-6-12/h2-8H,9H2,1H3. The molecule has 5 heteroatoms. The van der Waals surface area contributed by atoms with Crippen LogP contribution in [-0.2, 0) is 0 Å². The average molecular weight is 295 g/mol. The molecular weight excluding hydrogens is 283 g/mol. The zero-order valence-corrected chi connectivity index (χ0v) is 11.5. The van der Waals surface area contributed by atoms with Gasteiger partial charge in [-0.15, -0.1) is 0 Å². The van der Waals surface area contributed by atoms with Crippen LogP contribution in [0, 0.1) is 5.82 Å². The van der Waals surface area contributed by atoms with Crippen molar-refractivity contribution < 1.29 is 18.7 Å². The number of hydrogen-bond acceptors (Lipinski definition) is 3. The van der Waals surface area contributed by atoms with Crippen LogP contribution in [0.3, 0.4) is 0 Å². The van der Waals surface area contributed by atoms with E-state index in [2.05, 4.69) is 0 Å². The van der Waals surface area contributed by atoms with Gasteiger partial charge in [0, 0.05) is 5.02 Å². The van der Waals surface area contributed by atoms with Gasteiger partial charge >= 0.3 is 0 Å². The second-order valence-corrected chi connectivity index (χ2v) is 4.45. The van der Waals surface area contributed by atoms with Gasteiger partial charge in [0.2, 0.25) is 5.78 Å². The van der Waals surface area contributed by atoms with Crippen LogP contribution in [0.4, 0.5) is 4.39 Å². The molecule has 0 saturated carbocycles. The summed E-state index contributed by atoms with van der Waals surface area (Å²) in [4.78, 5) is 12.0. The number of Topliss-reactive ketones (excluding diaryl/α,β-unsaturated/α-hetero) is 1. The van der Waals surface area contributed by atoms with Crippen molar-refractivity contribution >= 4 is 17.4 Å². The lowest BCUT2D eigenvalue weighted by Crippen LogP contribution is -2.13. The normalized spacial score (nSPS) is 10.2. The van der Waals surface area contributed by atoms with E-state index in [0.29, 0.717) is 16.5 Å². The van der Waals surface area contributed by atoms with Crippen LogP contribution in [0.1, 0.15) is 10.4 Å². The number of benzene rings is 2. The molecule has 20 heavy (non-hydrogen) atoms. The number of hydrogen-bond donors (Lipinski definition) is 0. The van der Waals surface area contributed by atoms with Gasteiger partial charge in [0.05, 0.1) is 12.7 Å². The second kappa shape index (κ2) is 6.39. The lowest BCUT2D eigenvalue weighted by Gasteiger charge is -2.09. The van der Waals surface area contributed by atoms with Crippen molar-refractivity contribution in [2.75, 3.05) is 13.7 Å². The van der Waals surface area contributed by atoms with Crippen molar-refractivity contribution in [1.29, 1.82) is 0 Å². The number of ketones is 1. The zero-order valence-electron chi connectivity index (χ0n) is 10.7. The fraction of sp³-hybridized carbons (Fsp3) is 0.133. The summed E-state index contributed by atoms with van der Waals surface area (Å²) >= 11 is 5.75. The molecule has 0 atom stereocenters. The number of carbonyl (C=O) groups is 1. The molecule has 0 aliphatic heterocycles. The van der Waals surface area contributed by atoms with E-state index in [-0.39, 0.29) is 18.0 Å². The first-order chi connectivity index (χ1) is 9.60. The van der Waals surface area contributed by atoms with Crippen LogP contribution in [0.15, 0.2) is 42.5 Å². The van der Waals surface area contributed by atoms with Crippen molar-refractivity contribution in [3.8, 4) is 11.5 Å². The van der Waals surface area contributed by atoms with Crippen molar-refractivity contribution in [3.63, 3.8) is 0 Å². The van der Waals surface area contributed by atoms with Gasteiger partial charge in [0.1, 0.15) is 17.3 Å². The molecular formula is C15H12ClFO3. The third kappa shape index (κ3) is 3.48. The molecule has 2 aromatic rings. The van der Waals surface area contributed by atoms with Crippen molar-refractivity contribution in [3.05, 3.63) is 58.9 Å². The molecule has 0 spiro atoms. The Hall–Kier alpha value is -2.07. The van der Waals surface area contributed by atoms with Crippen molar-refractivity contribution in [2.45, 2.75) is 0 Å². The highest BCUT2D eigenvalue weighted by Crippen LogP contribution is 2.21. The summed E-state index contributed by atoms with van der Waals surface area (Å²) in [5.74, 6) is -0.0360. The van der Waals surface area contributed by atoms with Gasteiger partial charge in [-0.1, -0.05) is 11.6 Å². The third-order valence-corrected chi connectivity index (χ3v) is 2.90. The molecule has 0 fully saturated rings. The maximum atomic E-state index is 13.2. The molecule has 2 rings (SSSR count). The summed E-state index contributed by atoms with van der Waals surface area (Å²) in [5.41, 5.74) is 0.154. The highest BCUT2D eigenvalue weighted by atomic mass is 35.5. The van der Waals surface area contributed by atoms with Crippen LogP contribution in [0.2, 0.25) is 5.02 Å². The molecule has 0 aromatic heterocycles. The summed E-state index contributed by atoms with van der Waals surface area (Å²) < 4.78 is 23.5. The predicted molar refractivity (Wildman–Crippen MR) is 74.2 cm³/mol. The third-order valence-electron chi connectivity index (χ3n) is 2.65. The molecule has 0 aliphatic carbocycles. The highest BCUT2D eigenvalue weighted by molar-refractivity contribution is 6.30. The van der Waals surface area contributed by atoms with Gasteiger partial charge in [-0.3, -0.25) is 4.79 Å². The minimum atomic E-state index is -0.499. The molecule has 0 bridgehead atoms. The minimum absolute atomic E-state index is 0.154. The van der Waals surface area contributed by atoms with Gasteiger partial charge in [0.25, 0.3) is 0 Å². The molecule has 0 aliphatic rings. The molecule has 104 valence electrons. The van der Waals surface area contributed by atoms with Crippen LogP contribution >= 0.6 is 11.6 Å². The molecule has 0 unspecified atom stereocenters. The van der Waals surface area contributed by atoms with E-state index < -0.39 is 5.82 Å². The van der Waals surface area contributed by atoms with E-state index in [4.69, 9.17) is 21.1 Å². The second-order valence-electron chi connectivity index (χ2n) is 4.01. The molecule has 0 N–H and O–H groups in total. The first-order valence-corrected chi connectivity index (χ1v) is 6.23. The van der Waals surface area contributed by atoms with Gasteiger partial charge in [-0.05, 0) is 42.5 Å². The molecule has 0 amide bonds. The Morgan fingerprint density at radius 3 is 2.55 bits per heavy atom. The summed E-state index contributed by atoms with van der Waals surface area (Å²) in [7, 11) is 1.42. The Morgan fingerprint density at radius 2 is 1.90 bits per heavy atom. The van der Waals surface area contributed by atoms with Gasteiger partial charge in [0.15, 0.2) is 6.61 Å². The van der Waals surface area contributed by atoms with Crippen molar-refractivity contribution in [1.82, 2.24) is 0 Å². The highest BCUT2D eigenvalue weighted by Gasteiger charge is 2.14. The maximum Gasteiger partial charge on any atom is 0.204 e. The monoisotopic (exact) mass is 294 g/mol. The van der Waals surface area contributed by atoms with Crippen molar-refractivity contribution in [2.24, 2.45) is 0 Å². The van der Waals surface area contributed by atoms with E-state index in [1.807, 2.05) is 0 Å². The molecule has 0 heterocycles. The van der Waals surface area contributed by atoms with E-state index >= 15 is 0 Å². The Bertz CT molecular complexity index is 611. The van der Waals surface area contributed by atoms with Crippen LogP contribution < -0.4 is 9.47 Å². The van der Waals surface area contributed by atoms with E-state index in [9.17, 15) is 9.18 Å². The SMILES string of the molecule is COc1ccc(F)cc1C(=O)COc1ccc(Cl)cc1. The van der Waals surface area contributed by atoms with Gasteiger partial charge in [-0.25, -0.2) is 4.39 Å². The molecule has 3 nitrogen and oxygen atoms in total. The topological polar surface area (TPSA) is 35.5 Å². The van der Waals surface area contributed by atoms with Crippen LogP contribution in [0.5, 0.6) is 11.5 Å². The maximum absolute atomic E-state index is 13.2. The quantitative estimate of drug-likeness (QED) is 0.788. The summed E-state index contributed by atoms with van der Waals surface area (Å²) in [6.07, 6.45) is 0. The largest absolute Gasteiger partial charge is 0.496 e. The van der Waals surface area contributed by atoms with Crippen LogP contribution in [-0.4, -0.2) is 19.5 Å². The predicted octanol–water partition coefficient (Wildman–Crippen LogP) is 3.75. The minimum Gasteiger partial charge on any atom is -0.496 e. The number of ether oxygens (including phenoxy) is 2. The lowest BCUT2D eigenvalue weighted by atomic mass is 10.1. The lowest BCUT2D eigenvalue weighted by molar-refractivity contribution is 0.0918. The fourth-order valence-corrected chi connectivity index (χ4v) is 1.78. The number of methoxy groups -OCH3 is 1. The Morgan fingerprint density at radius 1 is 1.20 bits per heavy atom. The molecule has 2 aromatic carbocycles. The fourth-order valence-electron chi connectivity index (χ4n) is 1.66. The number of rotatable bonds is 5. The smallest absolute Gasteiger partial charge is 0.204 e. The van der Waals surface area contributed by atoms with Gasteiger partial charge < -0.3 is 9.47 Å². The summed E-state index contributed by atoms with van der Waals surface area (Å²) in [5, 5.41) is 0.579. The Balaban J connectivity index is 2.08. The van der Waals surface area contributed by atoms with E-state index in [1.165, 1.54) is 19.2 Å². The molecule has 0 saturated heterocycles. The average Bonchev–Trinajstić information content (AvgIpc) is 2.46. The van der Waals surface area contributed by atoms with E-state index in [1.54, 1.807) is 24.3 Å². The molecule has 0 radical (unpaired) electrons. The van der Waals surface area contributed by atoms with Crippen LogP contribution in [0.25, 0.3) is 0 Å². The van der Waals surface area contributed by atoms with Gasteiger partial charge in [-0.2, -0.15) is 0 Å². The number of carbonyl (C=O) groups excluding carboxylic acids is 1. The summed E-state index contributed by atoms with van der Waals surface area (Å²) in [6, 6.07) is 10.4. The van der Waals surface area contributed by atoms with E-state index in [0.717, 1.165) is 6.07 Å². The zero-order chi connectivity index (χ0) is 14.5. The number of halogens is 2.